The summed E-state index contributed by atoms with van der Waals surface area (Å²) >= 11 is 5.25. The van der Waals surface area contributed by atoms with Gasteiger partial charge < -0.3 is 14.8 Å². The fourth-order valence-corrected chi connectivity index (χ4v) is 3.79. The Bertz CT molecular complexity index is 598. The monoisotopic (exact) mass is 355 g/mol. The third kappa shape index (κ3) is 3.00. The molecule has 2 aromatic rings. The number of aryl methyl sites for hydroxylation is 1. The van der Waals surface area contributed by atoms with Gasteiger partial charge >= 0.3 is 0 Å². The molecule has 0 aliphatic rings. The molecule has 0 spiro atoms. The Hall–Kier alpha value is -1.04. The van der Waals surface area contributed by atoms with Crippen LogP contribution in [0.3, 0.4) is 0 Å². The molecule has 108 valence electrons. The van der Waals surface area contributed by atoms with E-state index >= 15 is 0 Å². The lowest BCUT2D eigenvalue weighted by Gasteiger charge is -2.20. The van der Waals surface area contributed by atoms with Gasteiger partial charge in [0.25, 0.3) is 0 Å². The predicted octanol–water partition coefficient (Wildman–Crippen LogP) is 4.15. The molecule has 0 aliphatic carbocycles. The number of hydrogen-bond donors (Lipinski definition) is 1. The second-order valence-electron chi connectivity index (χ2n) is 4.43. The van der Waals surface area contributed by atoms with Gasteiger partial charge in [0.05, 0.1) is 24.0 Å². The van der Waals surface area contributed by atoms with E-state index in [2.05, 4.69) is 40.3 Å². The maximum absolute atomic E-state index is 5.41. The predicted molar refractivity (Wildman–Crippen MR) is 87.2 cm³/mol. The van der Waals surface area contributed by atoms with Crippen molar-refractivity contribution in [2.75, 3.05) is 21.3 Å². The van der Waals surface area contributed by atoms with E-state index in [0.717, 1.165) is 15.3 Å². The largest absolute Gasteiger partial charge is 0.493 e. The molecule has 0 bridgehead atoms. The number of rotatable bonds is 5. The molecule has 0 saturated heterocycles. The zero-order chi connectivity index (χ0) is 14.7. The van der Waals surface area contributed by atoms with Crippen molar-refractivity contribution in [3.63, 3.8) is 0 Å². The zero-order valence-corrected chi connectivity index (χ0v) is 14.4. The van der Waals surface area contributed by atoms with Crippen molar-refractivity contribution in [1.29, 1.82) is 0 Å². The number of hydrogen-bond acceptors (Lipinski definition) is 4. The number of thiophene rings is 1. The van der Waals surface area contributed by atoms with Crippen LogP contribution in [-0.2, 0) is 0 Å². The topological polar surface area (TPSA) is 30.5 Å². The maximum Gasteiger partial charge on any atom is 0.161 e. The van der Waals surface area contributed by atoms with E-state index < -0.39 is 0 Å². The highest BCUT2D eigenvalue weighted by atomic mass is 79.9. The molecule has 1 N–H and O–H groups in total. The highest BCUT2D eigenvalue weighted by Crippen LogP contribution is 2.37. The van der Waals surface area contributed by atoms with Crippen LogP contribution in [0.1, 0.15) is 22.0 Å². The molecular weight excluding hydrogens is 338 g/mol. The molecule has 0 fully saturated rings. The Morgan fingerprint density at radius 1 is 1.15 bits per heavy atom. The molecule has 5 heteroatoms. The number of benzene rings is 1. The number of halogens is 1. The van der Waals surface area contributed by atoms with Crippen molar-refractivity contribution in [3.05, 3.63) is 44.1 Å². The summed E-state index contributed by atoms with van der Waals surface area (Å²) in [5.74, 6) is 1.51. The Kier molecular flexibility index (Phi) is 5.07. The minimum absolute atomic E-state index is 0.145. The molecule has 0 aliphatic heterocycles. The highest BCUT2D eigenvalue weighted by Gasteiger charge is 2.19. The van der Waals surface area contributed by atoms with Gasteiger partial charge in [-0.1, -0.05) is 0 Å². The van der Waals surface area contributed by atoms with Crippen LogP contribution in [0.25, 0.3) is 0 Å². The third-order valence-corrected chi connectivity index (χ3v) is 4.94. The molecule has 0 amide bonds. The van der Waals surface area contributed by atoms with E-state index in [9.17, 15) is 0 Å². The Morgan fingerprint density at radius 2 is 1.80 bits per heavy atom. The van der Waals surface area contributed by atoms with Crippen LogP contribution in [0.4, 0.5) is 0 Å². The summed E-state index contributed by atoms with van der Waals surface area (Å²) in [6.45, 7) is 2.09. The molecular formula is C15H18BrNO2S. The van der Waals surface area contributed by atoms with Gasteiger partial charge in [-0.05, 0) is 65.3 Å². The Balaban J connectivity index is 2.49. The lowest BCUT2D eigenvalue weighted by molar-refractivity contribution is 0.354. The second-order valence-corrected chi connectivity index (χ2v) is 6.92. The van der Waals surface area contributed by atoms with Gasteiger partial charge in [0.1, 0.15) is 0 Å². The average Bonchev–Trinajstić information content (AvgIpc) is 2.87. The van der Waals surface area contributed by atoms with E-state index in [1.54, 1.807) is 25.6 Å². The van der Waals surface area contributed by atoms with Crippen LogP contribution in [0.2, 0.25) is 0 Å². The quantitative estimate of drug-likeness (QED) is 0.873. The second kappa shape index (κ2) is 6.61. The van der Waals surface area contributed by atoms with E-state index in [-0.39, 0.29) is 6.04 Å². The van der Waals surface area contributed by atoms with Crippen LogP contribution in [0.15, 0.2) is 28.1 Å². The molecule has 20 heavy (non-hydrogen) atoms. The lowest BCUT2D eigenvalue weighted by atomic mass is 9.99. The van der Waals surface area contributed by atoms with Crippen LogP contribution >= 0.6 is 27.3 Å². The van der Waals surface area contributed by atoms with E-state index in [0.29, 0.717) is 0 Å². The Morgan fingerprint density at radius 3 is 2.30 bits per heavy atom. The first-order chi connectivity index (χ1) is 9.60. The zero-order valence-electron chi connectivity index (χ0n) is 12.0. The molecule has 1 atom stereocenters. The van der Waals surface area contributed by atoms with Crippen LogP contribution in [-0.4, -0.2) is 21.3 Å². The van der Waals surface area contributed by atoms with Gasteiger partial charge in [-0.2, -0.15) is 0 Å². The molecule has 1 unspecified atom stereocenters. The molecule has 1 aromatic carbocycles. The first kappa shape index (κ1) is 15.4. The molecule has 0 radical (unpaired) electrons. The number of ether oxygens (including phenoxy) is 2. The first-order valence-electron chi connectivity index (χ1n) is 6.25. The van der Waals surface area contributed by atoms with Crippen molar-refractivity contribution in [3.8, 4) is 11.5 Å². The minimum Gasteiger partial charge on any atom is -0.493 e. The normalized spacial score (nSPS) is 12.2. The van der Waals surface area contributed by atoms with Crippen molar-refractivity contribution in [1.82, 2.24) is 5.32 Å². The summed E-state index contributed by atoms with van der Waals surface area (Å²) in [4.78, 5) is 1.26. The average molecular weight is 356 g/mol. The Labute approximate surface area is 132 Å². The van der Waals surface area contributed by atoms with Crippen molar-refractivity contribution in [2.24, 2.45) is 0 Å². The van der Waals surface area contributed by atoms with Crippen LogP contribution < -0.4 is 14.8 Å². The summed E-state index contributed by atoms with van der Waals surface area (Å²) in [5.41, 5.74) is 2.37. The molecule has 2 rings (SSSR count). The smallest absolute Gasteiger partial charge is 0.161 e. The van der Waals surface area contributed by atoms with E-state index in [4.69, 9.17) is 9.47 Å². The van der Waals surface area contributed by atoms with Gasteiger partial charge in [-0.25, -0.2) is 0 Å². The summed E-state index contributed by atoms with van der Waals surface area (Å²) in [5, 5.41) is 3.37. The van der Waals surface area contributed by atoms with Gasteiger partial charge in [-0.3, -0.25) is 0 Å². The van der Waals surface area contributed by atoms with Crippen molar-refractivity contribution < 1.29 is 9.47 Å². The fourth-order valence-electron chi connectivity index (χ4n) is 2.24. The van der Waals surface area contributed by atoms with E-state index in [1.807, 2.05) is 19.2 Å². The summed E-state index contributed by atoms with van der Waals surface area (Å²) in [6, 6.07) is 8.41. The molecule has 0 saturated carbocycles. The SMILES string of the molecule is CNC(c1ccc(Br)s1)c1cc(OC)c(OC)cc1C. The van der Waals surface area contributed by atoms with E-state index in [1.165, 1.54) is 16.0 Å². The first-order valence-corrected chi connectivity index (χ1v) is 7.86. The van der Waals surface area contributed by atoms with Gasteiger partial charge in [0, 0.05) is 4.88 Å². The fraction of sp³-hybridized carbons (Fsp3) is 0.333. The third-order valence-electron chi connectivity index (χ3n) is 3.25. The number of methoxy groups -OCH3 is 2. The summed E-state index contributed by atoms with van der Waals surface area (Å²) in [7, 11) is 5.28. The molecule has 3 nitrogen and oxygen atoms in total. The van der Waals surface area contributed by atoms with Gasteiger partial charge in [0.2, 0.25) is 0 Å². The van der Waals surface area contributed by atoms with Crippen LogP contribution in [0.5, 0.6) is 11.5 Å². The van der Waals surface area contributed by atoms with Gasteiger partial charge in [-0.15, -0.1) is 11.3 Å². The summed E-state index contributed by atoms with van der Waals surface area (Å²) < 4.78 is 11.9. The van der Waals surface area contributed by atoms with Crippen molar-refractivity contribution in [2.45, 2.75) is 13.0 Å². The van der Waals surface area contributed by atoms with Crippen LogP contribution in [0, 0.1) is 6.92 Å². The van der Waals surface area contributed by atoms with Gasteiger partial charge in [0.15, 0.2) is 11.5 Å². The van der Waals surface area contributed by atoms with Crippen molar-refractivity contribution >= 4 is 27.3 Å². The summed E-state index contributed by atoms with van der Waals surface area (Å²) in [6.07, 6.45) is 0. The molecule has 1 aromatic heterocycles. The number of nitrogens with one attached hydrogen (secondary N) is 1. The molecule has 1 heterocycles. The standard InChI is InChI=1S/C15H18BrNO2S/c1-9-7-11(18-3)12(19-4)8-10(9)15(17-2)13-5-6-14(16)20-13/h5-8,15,17H,1-4H3. The maximum atomic E-state index is 5.41. The minimum atomic E-state index is 0.145. The lowest BCUT2D eigenvalue weighted by Crippen LogP contribution is -2.17. The highest BCUT2D eigenvalue weighted by molar-refractivity contribution is 9.11.